The smallest absolute Gasteiger partial charge is 0.106 e. The molecule has 72 valence electrons. The maximum absolute atomic E-state index is 9.55. The third kappa shape index (κ3) is 1.97. The van der Waals surface area contributed by atoms with Gasteiger partial charge in [-0.3, -0.25) is 0 Å². The highest BCUT2D eigenvalue weighted by Crippen LogP contribution is 2.24. The summed E-state index contributed by atoms with van der Waals surface area (Å²) >= 11 is 0. The second-order valence-corrected chi connectivity index (χ2v) is 3.95. The van der Waals surface area contributed by atoms with Gasteiger partial charge in [0.2, 0.25) is 0 Å². The molecule has 4 atom stereocenters. The molecule has 3 unspecified atom stereocenters. The van der Waals surface area contributed by atoms with E-state index >= 15 is 0 Å². The SMILES string of the molecule is CC1CC(O)[C@@H](O)C(C(C)C)O1. The molecule has 2 N–H and O–H groups in total. The lowest BCUT2D eigenvalue weighted by Gasteiger charge is -2.37. The van der Waals surface area contributed by atoms with Gasteiger partial charge in [-0.1, -0.05) is 13.8 Å². The molecule has 0 aromatic carbocycles. The summed E-state index contributed by atoms with van der Waals surface area (Å²) in [5, 5.41) is 19.0. The monoisotopic (exact) mass is 174 g/mol. The van der Waals surface area contributed by atoms with Gasteiger partial charge in [-0.25, -0.2) is 0 Å². The Bertz CT molecular complexity index is 147. The van der Waals surface area contributed by atoms with Crippen LogP contribution in [0.4, 0.5) is 0 Å². The molecule has 0 saturated carbocycles. The van der Waals surface area contributed by atoms with E-state index in [1.807, 2.05) is 20.8 Å². The first-order valence-electron chi connectivity index (χ1n) is 4.54. The highest BCUT2D eigenvalue weighted by atomic mass is 16.5. The van der Waals surface area contributed by atoms with Gasteiger partial charge in [0.25, 0.3) is 0 Å². The van der Waals surface area contributed by atoms with Crippen molar-refractivity contribution in [3.05, 3.63) is 0 Å². The zero-order valence-electron chi connectivity index (χ0n) is 7.90. The van der Waals surface area contributed by atoms with Crippen molar-refractivity contribution in [2.75, 3.05) is 0 Å². The number of rotatable bonds is 1. The molecule has 3 heteroatoms. The minimum Gasteiger partial charge on any atom is -0.390 e. The van der Waals surface area contributed by atoms with Crippen LogP contribution in [-0.2, 0) is 4.74 Å². The van der Waals surface area contributed by atoms with Crippen LogP contribution in [0.3, 0.4) is 0 Å². The highest BCUT2D eigenvalue weighted by Gasteiger charge is 2.36. The van der Waals surface area contributed by atoms with Crippen LogP contribution in [0, 0.1) is 5.92 Å². The first kappa shape index (κ1) is 9.96. The molecule has 0 amide bonds. The third-order valence-electron chi connectivity index (χ3n) is 2.35. The molecule has 0 radical (unpaired) electrons. The highest BCUT2D eigenvalue weighted by molar-refractivity contribution is 4.85. The maximum atomic E-state index is 9.55. The van der Waals surface area contributed by atoms with Crippen LogP contribution in [0.15, 0.2) is 0 Å². The molecule has 0 aromatic heterocycles. The van der Waals surface area contributed by atoms with Crippen LogP contribution in [0.5, 0.6) is 0 Å². The Kier molecular flexibility index (Phi) is 3.09. The molecule has 0 spiro atoms. The Hall–Kier alpha value is -0.120. The zero-order valence-corrected chi connectivity index (χ0v) is 7.90. The largest absolute Gasteiger partial charge is 0.390 e. The van der Waals surface area contributed by atoms with Gasteiger partial charge < -0.3 is 14.9 Å². The van der Waals surface area contributed by atoms with Crippen LogP contribution >= 0.6 is 0 Å². The van der Waals surface area contributed by atoms with Crippen LogP contribution in [0.25, 0.3) is 0 Å². The van der Waals surface area contributed by atoms with Crippen molar-refractivity contribution in [1.29, 1.82) is 0 Å². The normalized spacial score (nSPS) is 43.5. The zero-order chi connectivity index (χ0) is 9.30. The van der Waals surface area contributed by atoms with Crippen LogP contribution < -0.4 is 0 Å². The molecule has 3 nitrogen and oxygen atoms in total. The quantitative estimate of drug-likeness (QED) is 0.610. The van der Waals surface area contributed by atoms with E-state index in [4.69, 9.17) is 4.74 Å². The van der Waals surface area contributed by atoms with Crippen LogP contribution in [0.2, 0.25) is 0 Å². The standard InChI is InChI=1S/C9H18O3/c1-5(2)9-8(11)7(10)4-6(3)12-9/h5-11H,4H2,1-3H3/t6?,7?,8-,9?/m1/s1. The van der Waals surface area contributed by atoms with Gasteiger partial charge in [-0.05, 0) is 12.8 Å². The second-order valence-electron chi connectivity index (χ2n) is 3.95. The van der Waals surface area contributed by atoms with Crippen molar-refractivity contribution in [2.45, 2.75) is 51.6 Å². The lowest BCUT2D eigenvalue weighted by molar-refractivity contribution is -0.177. The summed E-state index contributed by atoms with van der Waals surface area (Å²) in [6.07, 6.45) is -0.980. The van der Waals surface area contributed by atoms with E-state index in [0.717, 1.165) is 0 Å². The van der Waals surface area contributed by atoms with Crippen molar-refractivity contribution in [3.63, 3.8) is 0 Å². The van der Waals surface area contributed by atoms with Gasteiger partial charge in [0.15, 0.2) is 0 Å². The summed E-state index contributed by atoms with van der Waals surface area (Å²) in [7, 11) is 0. The molecule has 0 aliphatic carbocycles. The van der Waals surface area contributed by atoms with E-state index in [0.29, 0.717) is 6.42 Å². The number of ether oxygens (including phenoxy) is 1. The summed E-state index contributed by atoms with van der Waals surface area (Å²) in [4.78, 5) is 0. The Balaban J connectivity index is 2.60. The van der Waals surface area contributed by atoms with Crippen molar-refractivity contribution in [1.82, 2.24) is 0 Å². The summed E-state index contributed by atoms with van der Waals surface area (Å²) in [6, 6.07) is 0. The topological polar surface area (TPSA) is 49.7 Å². The van der Waals surface area contributed by atoms with Crippen LogP contribution in [0.1, 0.15) is 27.2 Å². The fourth-order valence-corrected chi connectivity index (χ4v) is 1.65. The first-order valence-corrected chi connectivity index (χ1v) is 4.54. The molecule has 12 heavy (non-hydrogen) atoms. The molecular weight excluding hydrogens is 156 g/mol. The minimum atomic E-state index is -0.721. The Labute approximate surface area is 73.4 Å². The van der Waals surface area contributed by atoms with Crippen molar-refractivity contribution >= 4 is 0 Å². The predicted molar refractivity (Wildman–Crippen MR) is 45.8 cm³/mol. The van der Waals surface area contributed by atoms with Gasteiger partial charge in [0.1, 0.15) is 6.10 Å². The third-order valence-corrected chi connectivity index (χ3v) is 2.35. The Morgan fingerprint density at radius 3 is 2.42 bits per heavy atom. The molecule has 1 aliphatic rings. The molecule has 1 heterocycles. The van der Waals surface area contributed by atoms with Gasteiger partial charge in [0.05, 0.1) is 18.3 Å². The molecule has 0 aromatic rings. The Morgan fingerprint density at radius 2 is 1.92 bits per heavy atom. The summed E-state index contributed by atoms with van der Waals surface area (Å²) in [5.74, 6) is 0.248. The van der Waals surface area contributed by atoms with Crippen molar-refractivity contribution in [3.8, 4) is 0 Å². The van der Waals surface area contributed by atoms with E-state index in [1.165, 1.54) is 0 Å². The molecule has 1 rings (SSSR count). The average Bonchev–Trinajstić information content (AvgIpc) is 1.96. The first-order chi connectivity index (χ1) is 5.52. The van der Waals surface area contributed by atoms with Gasteiger partial charge >= 0.3 is 0 Å². The molecule has 1 aliphatic heterocycles. The molecular formula is C9H18O3. The fraction of sp³-hybridized carbons (Fsp3) is 1.00. The van der Waals surface area contributed by atoms with Crippen LogP contribution in [-0.4, -0.2) is 34.6 Å². The van der Waals surface area contributed by atoms with E-state index in [1.54, 1.807) is 0 Å². The number of hydrogen-bond donors (Lipinski definition) is 2. The summed E-state index contributed by atoms with van der Waals surface area (Å²) in [5.41, 5.74) is 0. The van der Waals surface area contributed by atoms with Crippen molar-refractivity contribution in [2.24, 2.45) is 5.92 Å². The number of hydrogen-bond acceptors (Lipinski definition) is 3. The number of aliphatic hydroxyl groups is 2. The van der Waals surface area contributed by atoms with Crippen molar-refractivity contribution < 1.29 is 14.9 Å². The molecule has 1 fully saturated rings. The molecule has 1 saturated heterocycles. The average molecular weight is 174 g/mol. The van der Waals surface area contributed by atoms with E-state index in [9.17, 15) is 10.2 Å². The van der Waals surface area contributed by atoms with Gasteiger partial charge in [0, 0.05) is 6.42 Å². The lowest BCUT2D eigenvalue weighted by atomic mass is 9.92. The number of aliphatic hydroxyl groups excluding tert-OH is 2. The predicted octanol–water partition coefficient (Wildman–Crippen LogP) is 0.542. The van der Waals surface area contributed by atoms with Gasteiger partial charge in [-0.15, -0.1) is 0 Å². The molecule has 0 bridgehead atoms. The van der Waals surface area contributed by atoms with E-state index < -0.39 is 12.2 Å². The Morgan fingerprint density at radius 1 is 1.33 bits per heavy atom. The fourth-order valence-electron chi connectivity index (χ4n) is 1.65. The van der Waals surface area contributed by atoms with Gasteiger partial charge in [-0.2, -0.15) is 0 Å². The second kappa shape index (κ2) is 3.73. The maximum Gasteiger partial charge on any atom is 0.106 e. The van der Waals surface area contributed by atoms with E-state index in [-0.39, 0.29) is 18.1 Å². The summed E-state index contributed by atoms with van der Waals surface area (Å²) in [6.45, 7) is 5.89. The van der Waals surface area contributed by atoms with E-state index in [2.05, 4.69) is 0 Å². The summed E-state index contributed by atoms with van der Waals surface area (Å²) < 4.78 is 5.52. The lowest BCUT2D eigenvalue weighted by Crippen LogP contribution is -2.49. The minimum absolute atomic E-state index is 0.0517.